The second-order valence-electron chi connectivity index (χ2n) is 3.18. The molecular formula is C8H15N3O. The maximum atomic E-state index is 10.3. The van der Waals surface area contributed by atoms with Gasteiger partial charge in [-0.15, -0.1) is 0 Å². The van der Waals surface area contributed by atoms with Crippen LogP contribution in [0, 0.1) is 4.91 Å². The van der Waals surface area contributed by atoms with Crippen molar-refractivity contribution >= 4 is 6.34 Å². The van der Waals surface area contributed by atoms with Crippen LogP contribution in [0.1, 0.15) is 25.7 Å². The summed E-state index contributed by atoms with van der Waals surface area (Å²) < 4.78 is 0. The van der Waals surface area contributed by atoms with E-state index in [-0.39, 0.29) is 6.04 Å². The van der Waals surface area contributed by atoms with Crippen molar-refractivity contribution < 1.29 is 0 Å². The van der Waals surface area contributed by atoms with Crippen LogP contribution in [0.15, 0.2) is 10.2 Å². The van der Waals surface area contributed by atoms with Crippen molar-refractivity contribution in [3.8, 4) is 0 Å². The lowest BCUT2D eigenvalue weighted by Crippen LogP contribution is -2.34. The molecule has 0 spiro atoms. The Balaban J connectivity index is 2.30. The summed E-state index contributed by atoms with van der Waals surface area (Å²) in [7, 11) is 1.73. The molecule has 12 heavy (non-hydrogen) atoms. The molecule has 1 fully saturated rings. The largest absolute Gasteiger partial charge is 0.374 e. The molecule has 1 aliphatic rings. The number of aliphatic imine (C=N–C) groups is 1. The molecule has 0 amide bonds. The molecule has 1 N–H and O–H groups in total. The molecule has 0 aromatic rings. The Labute approximate surface area is 72.4 Å². The first-order valence-electron chi connectivity index (χ1n) is 4.36. The first-order valence-corrected chi connectivity index (χ1v) is 4.36. The van der Waals surface area contributed by atoms with Crippen LogP contribution in [0.3, 0.4) is 0 Å². The quantitative estimate of drug-likeness (QED) is 0.393. The van der Waals surface area contributed by atoms with Gasteiger partial charge < -0.3 is 5.32 Å². The second kappa shape index (κ2) is 4.85. The maximum Gasteiger partial charge on any atom is 0.0939 e. The zero-order valence-electron chi connectivity index (χ0n) is 7.36. The number of nitrogens with one attached hydrogen (secondary N) is 1. The lowest BCUT2D eigenvalue weighted by atomic mass is 9.92. The Morgan fingerprint density at radius 3 is 3.00 bits per heavy atom. The van der Waals surface area contributed by atoms with Crippen molar-refractivity contribution in [3.05, 3.63) is 4.91 Å². The number of nitroso groups, excluding NO2 is 1. The fourth-order valence-electron chi connectivity index (χ4n) is 1.59. The van der Waals surface area contributed by atoms with E-state index in [0.717, 1.165) is 25.7 Å². The average molecular weight is 169 g/mol. The van der Waals surface area contributed by atoms with E-state index in [1.165, 1.54) is 0 Å². The van der Waals surface area contributed by atoms with Crippen LogP contribution in [-0.2, 0) is 0 Å². The van der Waals surface area contributed by atoms with Gasteiger partial charge in [0.15, 0.2) is 0 Å². The van der Waals surface area contributed by atoms with Crippen molar-refractivity contribution in [1.29, 1.82) is 0 Å². The molecule has 0 heterocycles. The number of rotatable bonds is 3. The molecular weight excluding hydrogens is 154 g/mol. The fourth-order valence-corrected chi connectivity index (χ4v) is 1.59. The highest BCUT2D eigenvalue weighted by atomic mass is 16.3. The third-order valence-electron chi connectivity index (χ3n) is 2.23. The normalized spacial score (nSPS) is 30.4. The van der Waals surface area contributed by atoms with Crippen molar-refractivity contribution in [2.24, 2.45) is 10.2 Å². The van der Waals surface area contributed by atoms with Crippen molar-refractivity contribution in [2.45, 2.75) is 37.8 Å². The van der Waals surface area contributed by atoms with E-state index >= 15 is 0 Å². The molecule has 2 atom stereocenters. The molecule has 0 radical (unpaired) electrons. The van der Waals surface area contributed by atoms with Crippen molar-refractivity contribution in [1.82, 2.24) is 5.32 Å². The van der Waals surface area contributed by atoms with Gasteiger partial charge >= 0.3 is 0 Å². The summed E-state index contributed by atoms with van der Waals surface area (Å²) in [5.74, 6) is 0. The highest BCUT2D eigenvalue weighted by molar-refractivity contribution is 5.54. The first kappa shape index (κ1) is 9.16. The highest BCUT2D eigenvalue weighted by Crippen LogP contribution is 2.20. The summed E-state index contributed by atoms with van der Waals surface area (Å²) >= 11 is 0. The van der Waals surface area contributed by atoms with Gasteiger partial charge in [-0.1, -0.05) is 5.18 Å². The van der Waals surface area contributed by atoms with Gasteiger partial charge in [0.05, 0.1) is 12.4 Å². The van der Waals surface area contributed by atoms with Gasteiger partial charge in [-0.3, -0.25) is 4.99 Å². The minimum Gasteiger partial charge on any atom is -0.374 e. The SMILES string of the molecule is CN=CNC1CCCC(N=O)C1. The molecule has 1 saturated carbocycles. The molecule has 68 valence electrons. The Kier molecular flexibility index (Phi) is 3.70. The maximum absolute atomic E-state index is 10.3. The molecule has 2 unspecified atom stereocenters. The van der Waals surface area contributed by atoms with Crippen molar-refractivity contribution in [3.63, 3.8) is 0 Å². The highest BCUT2D eigenvalue weighted by Gasteiger charge is 2.21. The molecule has 0 aromatic heterocycles. The third-order valence-corrected chi connectivity index (χ3v) is 2.23. The molecule has 4 nitrogen and oxygen atoms in total. The van der Waals surface area contributed by atoms with Crippen LogP contribution in [0.2, 0.25) is 0 Å². The van der Waals surface area contributed by atoms with Crippen LogP contribution >= 0.6 is 0 Å². The molecule has 1 rings (SSSR count). The summed E-state index contributed by atoms with van der Waals surface area (Å²) in [5.41, 5.74) is 0. The predicted molar refractivity (Wildman–Crippen MR) is 49.4 cm³/mol. The van der Waals surface area contributed by atoms with Gasteiger partial charge in [0.2, 0.25) is 0 Å². The molecule has 4 heteroatoms. The topological polar surface area (TPSA) is 53.8 Å². The Bertz CT molecular complexity index is 170. The standard InChI is InChI=1S/C8H15N3O/c1-9-6-10-7-3-2-4-8(5-7)11-12/h6-8H,2-5H2,1H3,(H,9,10). The lowest BCUT2D eigenvalue weighted by molar-refractivity contribution is 0.372. The molecule has 0 bridgehead atoms. The summed E-state index contributed by atoms with van der Waals surface area (Å²) in [6, 6.07) is 0.409. The Morgan fingerprint density at radius 2 is 2.33 bits per heavy atom. The summed E-state index contributed by atoms with van der Waals surface area (Å²) in [6.45, 7) is 0. The van der Waals surface area contributed by atoms with Gasteiger partial charge in [0.1, 0.15) is 0 Å². The predicted octanol–water partition coefficient (Wildman–Crippen LogP) is 1.31. The van der Waals surface area contributed by atoms with E-state index in [1.54, 1.807) is 13.4 Å². The second-order valence-corrected chi connectivity index (χ2v) is 3.18. The van der Waals surface area contributed by atoms with Crippen LogP contribution in [0.5, 0.6) is 0 Å². The fraction of sp³-hybridized carbons (Fsp3) is 0.875. The van der Waals surface area contributed by atoms with Crippen molar-refractivity contribution in [2.75, 3.05) is 7.05 Å². The molecule has 1 aliphatic carbocycles. The first-order chi connectivity index (χ1) is 5.86. The molecule has 0 saturated heterocycles. The lowest BCUT2D eigenvalue weighted by Gasteiger charge is -2.24. The van der Waals surface area contributed by atoms with E-state index < -0.39 is 0 Å². The van der Waals surface area contributed by atoms with E-state index in [2.05, 4.69) is 15.5 Å². The third kappa shape index (κ3) is 2.60. The van der Waals surface area contributed by atoms with Gasteiger partial charge in [-0.25, -0.2) is 0 Å². The summed E-state index contributed by atoms with van der Waals surface area (Å²) in [4.78, 5) is 14.1. The van der Waals surface area contributed by atoms with Crippen LogP contribution in [0.25, 0.3) is 0 Å². The molecule has 0 aromatic carbocycles. The summed E-state index contributed by atoms with van der Waals surface area (Å²) in [5, 5.41) is 6.22. The van der Waals surface area contributed by atoms with Gasteiger partial charge in [-0.05, 0) is 25.7 Å². The van der Waals surface area contributed by atoms with E-state index in [0.29, 0.717) is 6.04 Å². The van der Waals surface area contributed by atoms with E-state index in [9.17, 15) is 4.91 Å². The van der Waals surface area contributed by atoms with Crippen LogP contribution in [-0.4, -0.2) is 25.5 Å². The number of hydrogen-bond donors (Lipinski definition) is 1. The minimum absolute atomic E-state index is 0.0153. The van der Waals surface area contributed by atoms with Gasteiger partial charge in [0, 0.05) is 13.1 Å². The molecule has 0 aliphatic heterocycles. The van der Waals surface area contributed by atoms with E-state index in [4.69, 9.17) is 0 Å². The zero-order valence-corrected chi connectivity index (χ0v) is 7.36. The Hall–Kier alpha value is -0.930. The van der Waals surface area contributed by atoms with Crippen LogP contribution in [0.4, 0.5) is 0 Å². The van der Waals surface area contributed by atoms with Crippen LogP contribution < -0.4 is 5.32 Å². The van der Waals surface area contributed by atoms with Gasteiger partial charge in [-0.2, -0.15) is 4.91 Å². The monoisotopic (exact) mass is 169 g/mol. The zero-order chi connectivity index (χ0) is 8.81. The number of hydrogen-bond acceptors (Lipinski definition) is 3. The smallest absolute Gasteiger partial charge is 0.0939 e. The average Bonchev–Trinajstić information content (AvgIpc) is 2.15. The Morgan fingerprint density at radius 1 is 1.50 bits per heavy atom. The summed E-state index contributed by atoms with van der Waals surface area (Å²) in [6.07, 6.45) is 5.71. The van der Waals surface area contributed by atoms with E-state index in [1.807, 2.05) is 0 Å². The van der Waals surface area contributed by atoms with Gasteiger partial charge in [0.25, 0.3) is 0 Å². The minimum atomic E-state index is 0.0153. The number of nitrogens with zero attached hydrogens (tertiary/aromatic N) is 2.